The van der Waals surface area contributed by atoms with Gasteiger partial charge in [-0.15, -0.1) is 16.4 Å². The van der Waals surface area contributed by atoms with Gasteiger partial charge in [0.05, 0.1) is 34.7 Å². The van der Waals surface area contributed by atoms with Gasteiger partial charge in [-0.2, -0.15) is 0 Å². The minimum atomic E-state index is -0.658. The van der Waals surface area contributed by atoms with E-state index in [1.165, 1.54) is 11.3 Å². The van der Waals surface area contributed by atoms with Crippen molar-refractivity contribution in [3.8, 4) is 21.8 Å². The summed E-state index contributed by atoms with van der Waals surface area (Å²) in [7, 11) is 0. The van der Waals surface area contributed by atoms with Crippen LogP contribution in [0.2, 0.25) is 0 Å². The number of benzene rings is 1. The average molecular weight is 401 g/mol. The lowest BCUT2D eigenvalue weighted by Gasteiger charge is -2.06. The summed E-state index contributed by atoms with van der Waals surface area (Å²) >= 11 is 1.48. The Balaban J connectivity index is 1.74. The van der Waals surface area contributed by atoms with Crippen LogP contribution < -0.4 is 0 Å². The maximum absolute atomic E-state index is 14.8. The molecule has 1 N–H and O–H groups in total. The summed E-state index contributed by atoms with van der Waals surface area (Å²) in [6.45, 7) is 6.24. The largest absolute Gasteiger partial charge is 0.372 e. The number of aromatic nitrogens is 5. The number of aromatic amines is 1. The number of nitrogens with zero attached hydrogens (tertiary/aromatic N) is 4. The summed E-state index contributed by atoms with van der Waals surface area (Å²) in [5.41, 5.74) is 1.61. The summed E-state index contributed by atoms with van der Waals surface area (Å²) in [6.07, 6.45) is 0.110. The fourth-order valence-corrected chi connectivity index (χ4v) is 3.79. The molecule has 0 fully saturated rings. The quantitative estimate of drug-likeness (QED) is 0.527. The first-order valence-electron chi connectivity index (χ1n) is 8.68. The highest BCUT2D eigenvalue weighted by Gasteiger charge is 2.19. The SMILES string of the molecule is Cc1nc(COC(C)C)sc1-c1cccc(-c2cc(F)c3nn[nH]c3c2F)n1. The van der Waals surface area contributed by atoms with Crippen LogP contribution in [0.25, 0.3) is 32.9 Å². The van der Waals surface area contributed by atoms with Crippen LogP contribution in [0.4, 0.5) is 8.78 Å². The van der Waals surface area contributed by atoms with Crippen molar-refractivity contribution in [2.45, 2.75) is 33.5 Å². The zero-order chi connectivity index (χ0) is 19.8. The minimum Gasteiger partial charge on any atom is -0.372 e. The van der Waals surface area contributed by atoms with E-state index in [4.69, 9.17) is 4.74 Å². The predicted molar refractivity (Wildman–Crippen MR) is 103 cm³/mol. The van der Waals surface area contributed by atoms with E-state index < -0.39 is 11.6 Å². The standard InChI is InChI=1S/C19H17F2N5OS/c1-9(2)27-8-15-22-10(3)19(28-15)14-6-4-5-13(23-14)11-7-12(20)17-18(16(11)21)25-26-24-17/h4-7,9H,8H2,1-3H3,(H,24,25,26). The first-order valence-corrected chi connectivity index (χ1v) is 9.50. The van der Waals surface area contributed by atoms with E-state index in [1.54, 1.807) is 12.1 Å². The Morgan fingerprint density at radius 1 is 1.18 bits per heavy atom. The van der Waals surface area contributed by atoms with Crippen LogP contribution in [0.5, 0.6) is 0 Å². The molecule has 1 aromatic carbocycles. The van der Waals surface area contributed by atoms with Gasteiger partial charge in [0, 0.05) is 5.56 Å². The molecule has 0 saturated heterocycles. The van der Waals surface area contributed by atoms with Crippen molar-refractivity contribution in [1.82, 2.24) is 25.4 Å². The average Bonchev–Trinajstić information content (AvgIpc) is 3.30. The Morgan fingerprint density at radius 2 is 1.96 bits per heavy atom. The maximum Gasteiger partial charge on any atom is 0.160 e. The van der Waals surface area contributed by atoms with Crippen LogP contribution in [-0.2, 0) is 11.3 Å². The van der Waals surface area contributed by atoms with Gasteiger partial charge in [-0.05, 0) is 39.0 Å². The van der Waals surface area contributed by atoms with Crippen LogP contribution >= 0.6 is 11.3 Å². The smallest absolute Gasteiger partial charge is 0.160 e. The number of ether oxygens (including phenoxy) is 1. The number of rotatable bonds is 5. The fraction of sp³-hybridized carbons (Fsp3) is 0.263. The third kappa shape index (κ3) is 3.38. The molecule has 0 atom stereocenters. The normalized spacial score (nSPS) is 11.6. The number of pyridine rings is 1. The lowest BCUT2D eigenvalue weighted by Crippen LogP contribution is -2.01. The molecule has 3 aromatic heterocycles. The lowest BCUT2D eigenvalue weighted by atomic mass is 10.1. The number of aryl methyl sites for hydroxylation is 1. The second kappa shape index (κ2) is 7.33. The molecular formula is C19H17F2N5OS. The highest BCUT2D eigenvalue weighted by atomic mass is 32.1. The summed E-state index contributed by atoms with van der Waals surface area (Å²) in [4.78, 5) is 9.94. The molecular weight excluding hydrogens is 384 g/mol. The Morgan fingerprint density at radius 3 is 2.75 bits per heavy atom. The van der Waals surface area contributed by atoms with Gasteiger partial charge in [-0.1, -0.05) is 11.3 Å². The predicted octanol–water partition coefficient (Wildman–Crippen LogP) is 4.66. The van der Waals surface area contributed by atoms with Crippen LogP contribution in [-0.4, -0.2) is 31.5 Å². The summed E-state index contributed by atoms with van der Waals surface area (Å²) < 4.78 is 34.7. The molecule has 0 aliphatic carbocycles. The van der Waals surface area contributed by atoms with Crippen molar-refractivity contribution in [3.05, 3.63) is 46.6 Å². The number of hydrogen-bond donors (Lipinski definition) is 1. The molecule has 0 aliphatic heterocycles. The Kier molecular flexibility index (Phi) is 4.86. The molecule has 4 rings (SSSR count). The lowest BCUT2D eigenvalue weighted by molar-refractivity contribution is 0.0655. The molecule has 0 radical (unpaired) electrons. The summed E-state index contributed by atoms with van der Waals surface area (Å²) in [5, 5.41) is 10.3. The second-order valence-corrected chi connectivity index (χ2v) is 7.63. The Labute approximate surface area is 163 Å². The van der Waals surface area contributed by atoms with E-state index in [0.29, 0.717) is 18.0 Å². The van der Waals surface area contributed by atoms with Crippen molar-refractivity contribution in [3.63, 3.8) is 0 Å². The van der Waals surface area contributed by atoms with Gasteiger partial charge in [0.2, 0.25) is 0 Å². The van der Waals surface area contributed by atoms with E-state index in [9.17, 15) is 8.78 Å². The molecule has 3 heterocycles. The van der Waals surface area contributed by atoms with Gasteiger partial charge in [-0.25, -0.2) is 18.7 Å². The fourth-order valence-electron chi connectivity index (χ4n) is 2.83. The number of fused-ring (bicyclic) bond motifs is 1. The summed E-state index contributed by atoms with van der Waals surface area (Å²) in [6, 6.07) is 6.30. The molecule has 4 aromatic rings. The topological polar surface area (TPSA) is 76.6 Å². The van der Waals surface area contributed by atoms with Crippen molar-refractivity contribution in [2.24, 2.45) is 0 Å². The number of thiazole rings is 1. The summed E-state index contributed by atoms with van der Waals surface area (Å²) in [5.74, 6) is -1.30. The first kappa shape index (κ1) is 18.6. The van der Waals surface area contributed by atoms with Gasteiger partial charge in [-0.3, -0.25) is 5.10 Å². The van der Waals surface area contributed by atoms with E-state index in [-0.39, 0.29) is 22.7 Å². The minimum absolute atomic E-state index is 0.0448. The zero-order valence-corrected chi connectivity index (χ0v) is 16.3. The van der Waals surface area contributed by atoms with E-state index in [0.717, 1.165) is 21.6 Å². The molecule has 28 heavy (non-hydrogen) atoms. The van der Waals surface area contributed by atoms with Crippen molar-refractivity contribution >= 4 is 22.4 Å². The van der Waals surface area contributed by atoms with E-state index in [2.05, 4.69) is 25.4 Å². The van der Waals surface area contributed by atoms with Crippen LogP contribution in [0.3, 0.4) is 0 Å². The Hall–Kier alpha value is -2.78. The third-order valence-corrected chi connectivity index (χ3v) is 5.29. The van der Waals surface area contributed by atoms with Crippen LogP contribution in [0, 0.1) is 18.6 Å². The van der Waals surface area contributed by atoms with Gasteiger partial charge in [0.25, 0.3) is 0 Å². The molecule has 9 heteroatoms. The highest BCUT2D eigenvalue weighted by Crippen LogP contribution is 2.33. The molecule has 6 nitrogen and oxygen atoms in total. The molecule has 0 saturated carbocycles. The number of H-pyrrole nitrogens is 1. The maximum atomic E-state index is 14.8. The molecule has 0 unspecified atom stereocenters. The van der Waals surface area contributed by atoms with Gasteiger partial charge >= 0.3 is 0 Å². The molecule has 144 valence electrons. The second-order valence-electron chi connectivity index (χ2n) is 6.55. The molecule has 0 amide bonds. The number of halogens is 2. The number of nitrogens with one attached hydrogen (secondary N) is 1. The van der Waals surface area contributed by atoms with Gasteiger partial charge < -0.3 is 4.74 Å². The van der Waals surface area contributed by atoms with Crippen molar-refractivity contribution in [2.75, 3.05) is 0 Å². The highest BCUT2D eigenvalue weighted by molar-refractivity contribution is 7.15. The van der Waals surface area contributed by atoms with Crippen molar-refractivity contribution in [1.29, 1.82) is 0 Å². The van der Waals surface area contributed by atoms with Gasteiger partial charge in [0.15, 0.2) is 17.2 Å². The van der Waals surface area contributed by atoms with Gasteiger partial charge in [0.1, 0.15) is 10.5 Å². The number of hydrogen-bond acceptors (Lipinski definition) is 6. The van der Waals surface area contributed by atoms with E-state index in [1.807, 2.05) is 26.8 Å². The first-order chi connectivity index (χ1) is 13.4. The zero-order valence-electron chi connectivity index (χ0n) is 15.5. The van der Waals surface area contributed by atoms with Crippen molar-refractivity contribution < 1.29 is 13.5 Å². The molecule has 0 bridgehead atoms. The van der Waals surface area contributed by atoms with E-state index >= 15 is 0 Å². The van der Waals surface area contributed by atoms with Crippen LogP contribution in [0.15, 0.2) is 24.3 Å². The van der Waals surface area contributed by atoms with Crippen LogP contribution in [0.1, 0.15) is 24.5 Å². The Bertz CT molecular complexity index is 1150. The third-order valence-electron chi connectivity index (χ3n) is 4.14. The molecule has 0 aliphatic rings. The molecule has 0 spiro atoms. The monoisotopic (exact) mass is 401 g/mol.